The van der Waals surface area contributed by atoms with Crippen molar-refractivity contribution in [2.24, 2.45) is 0 Å². The van der Waals surface area contributed by atoms with Crippen molar-refractivity contribution in [3.8, 4) is 0 Å². The van der Waals surface area contributed by atoms with Crippen molar-refractivity contribution in [2.75, 3.05) is 0 Å². The second-order valence-electron chi connectivity index (χ2n) is 0. The molecule has 10 heavy (non-hydrogen) atoms. The first kappa shape index (κ1) is 466. The van der Waals surface area contributed by atoms with Gasteiger partial charge in [-0.25, -0.2) is 0 Å². The molecule has 0 aliphatic carbocycles. The fourth-order valence-electron chi connectivity index (χ4n) is 0. The maximum atomic E-state index is 0. The normalized spacial score (nSPS) is 0. The Hall–Kier alpha value is 1.69. The first-order chi connectivity index (χ1) is 0. The second-order valence-corrected chi connectivity index (χ2v) is 0. The Bertz CT molecular complexity index is 13.6. The summed E-state index contributed by atoms with van der Waals surface area (Å²) in [6.07, 6.45) is 0. The van der Waals surface area contributed by atoms with Gasteiger partial charge in [0.1, 0.15) is 0 Å². The van der Waals surface area contributed by atoms with Crippen LogP contribution in [-0.4, -0.2) is 37.7 Å². The number of hydrogen-bond acceptors (Lipinski definition) is 0. The molecule has 0 atom stereocenters. The Morgan fingerprint density at radius 2 is 0.400 bits per heavy atom. The van der Waals surface area contributed by atoms with Crippen LogP contribution in [0.1, 0.15) is 0 Å². The van der Waals surface area contributed by atoms with Crippen LogP contribution in [0.25, 0.3) is 0 Å². The van der Waals surface area contributed by atoms with Crippen LogP contribution in [0.15, 0.2) is 0 Å². The number of halogens is 7. The van der Waals surface area contributed by atoms with Crippen molar-refractivity contribution in [1.82, 2.24) is 0 Å². The quantitative estimate of drug-likeness (QED) is 0.233. The monoisotopic (exact) mass is 268 g/mol. The van der Waals surface area contributed by atoms with Crippen LogP contribution in [-0.2, 0) is 16.5 Å². The van der Waals surface area contributed by atoms with Crippen molar-refractivity contribution in [3.63, 3.8) is 0 Å². The van der Waals surface area contributed by atoms with E-state index >= 15 is 0 Å². The van der Waals surface area contributed by atoms with Gasteiger partial charge < -0.3 is 32.9 Å². The molecule has 0 radical (unpaired) electrons. The average molecular weight is 269 g/mol. The van der Waals surface area contributed by atoms with Crippen LogP contribution in [0.5, 0.6) is 0 Å². The first-order valence-corrected chi connectivity index (χ1v) is 0. The molecule has 0 spiro atoms. The van der Waals surface area contributed by atoms with Crippen LogP contribution >= 0.6 is 9.90 Å². The third-order valence-electron chi connectivity index (χ3n) is 0. The molecule has 0 aliphatic rings. The van der Waals surface area contributed by atoms with Gasteiger partial charge >= 0.3 is 54.2 Å². The molecule has 0 aromatic heterocycles. The van der Waals surface area contributed by atoms with Crippen LogP contribution in [0.2, 0.25) is 0 Å². The van der Waals surface area contributed by atoms with Gasteiger partial charge in [0.05, 0.1) is 0 Å². The molecule has 0 heterocycles. The second kappa shape index (κ2) is 350. The molecule has 0 N–H and O–H groups in total. The molecular formula is H6CaF7NiP. The average Bonchev–Trinajstić information content (AvgIpc) is 0. The van der Waals surface area contributed by atoms with Gasteiger partial charge in [-0.3, -0.25) is 9.90 Å². The zero-order valence-corrected chi connectivity index (χ0v) is 6.87. The van der Waals surface area contributed by atoms with E-state index in [1.54, 1.807) is 0 Å². The van der Waals surface area contributed by atoms with Crippen LogP contribution in [0, 0.1) is 0 Å². The van der Waals surface area contributed by atoms with Gasteiger partial charge in [0.25, 0.3) is 0 Å². The van der Waals surface area contributed by atoms with Gasteiger partial charge in [-0.15, -0.1) is 0 Å². The van der Waals surface area contributed by atoms with E-state index in [2.05, 4.69) is 0 Å². The molecule has 0 aliphatic heterocycles. The van der Waals surface area contributed by atoms with Crippen LogP contribution < -0.4 is 32.9 Å². The summed E-state index contributed by atoms with van der Waals surface area (Å²) in [5, 5.41) is 0. The van der Waals surface area contributed by atoms with Crippen molar-refractivity contribution < 1.29 is 49.4 Å². The first-order valence-electron chi connectivity index (χ1n) is 0. The van der Waals surface area contributed by atoms with Crippen LogP contribution in [0.3, 0.4) is 0 Å². The Morgan fingerprint density at radius 3 is 0.400 bits per heavy atom. The predicted molar refractivity (Wildman–Crippen MR) is 21.0 cm³/mol. The van der Waals surface area contributed by atoms with E-state index in [0.29, 0.717) is 0 Å². The minimum Gasteiger partial charge on any atom is -1.00 e. The zero-order chi connectivity index (χ0) is 0. The molecule has 0 amide bonds. The molecule has 0 nitrogen and oxygen atoms in total. The number of rotatable bonds is 0. The molecule has 0 saturated carbocycles. The summed E-state index contributed by atoms with van der Waals surface area (Å²) in [6, 6.07) is 0. The minimum absolute atomic E-state index is 0. The van der Waals surface area contributed by atoms with Gasteiger partial charge in [0.2, 0.25) is 0 Å². The fraction of sp³-hybridized carbons (Fsp3) is 0. The maximum Gasteiger partial charge on any atom is 2.00 e. The molecule has 72 valence electrons. The van der Waals surface area contributed by atoms with Crippen molar-refractivity contribution in [1.29, 1.82) is 0 Å². The molecular weight excluding hydrogens is 263 g/mol. The molecule has 0 unspecified atom stereocenters. The minimum atomic E-state index is 0. The van der Waals surface area contributed by atoms with Crippen LogP contribution in [0.4, 0.5) is 0 Å². The SMILES string of the molecule is [Ca+2].[F-].[F-].[F-].[F-].[F-].[F-].[F-].[Ni+2].[PH6+3]. The van der Waals surface area contributed by atoms with E-state index in [0.717, 1.165) is 0 Å². The Labute approximate surface area is 96.4 Å². The smallest absolute Gasteiger partial charge is 1.00 e. The molecule has 0 saturated heterocycles. The summed E-state index contributed by atoms with van der Waals surface area (Å²) >= 11 is 0. The van der Waals surface area contributed by atoms with E-state index in [9.17, 15) is 0 Å². The Morgan fingerprint density at radius 1 is 0.400 bits per heavy atom. The summed E-state index contributed by atoms with van der Waals surface area (Å²) in [6.45, 7) is 0. The summed E-state index contributed by atoms with van der Waals surface area (Å²) in [5.41, 5.74) is 0. The summed E-state index contributed by atoms with van der Waals surface area (Å²) in [4.78, 5) is 0. The fourth-order valence-corrected chi connectivity index (χ4v) is 0. The molecule has 0 fully saturated rings. The Balaban J connectivity index is 0. The molecule has 0 bridgehead atoms. The van der Waals surface area contributed by atoms with E-state index < -0.39 is 0 Å². The third kappa shape index (κ3) is 256. The summed E-state index contributed by atoms with van der Waals surface area (Å²) in [5.74, 6) is 0. The van der Waals surface area contributed by atoms with E-state index in [-0.39, 0.29) is 97.1 Å². The topological polar surface area (TPSA) is 0 Å². The van der Waals surface area contributed by atoms with Gasteiger partial charge in [-0.2, -0.15) is 0 Å². The molecule has 0 rings (SSSR count). The summed E-state index contributed by atoms with van der Waals surface area (Å²) < 4.78 is 0. The predicted octanol–water partition coefficient (Wildman–Crippen LogP) is -22.1. The largest absolute Gasteiger partial charge is 2.00 e. The van der Waals surface area contributed by atoms with Crippen molar-refractivity contribution in [3.05, 3.63) is 0 Å². The molecule has 0 aromatic carbocycles. The van der Waals surface area contributed by atoms with E-state index in [1.807, 2.05) is 0 Å². The molecule has 10 heteroatoms. The Kier molecular flexibility index (Phi) is 16300. The standard InChI is InChI=1S/Ca.7FH.Ni.H6P/h;7*1H;;1H6/q+2;;;;;;;;+2;+3/p-7. The summed E-state index contributed by atoms with van der Waals surface area (Å²) in [7, 11) is 0. The van der Waals surface area contributed by atoms with Gasteiger partial charge in [0, 0.05) is 0 Å². The van der Waals surface area contributed by atoms with Crippen molar-refractivity contribution >= 4 is 47.6 Å². The number of hydrogen-bond donors (Lipinski definition) is 0. The maximum absolute atomic E-state index is 0. The third-order valence-corrected chi connectivity index (χ3v) is 0. The van der Waals surface area contributed by atoms with Gasteiger partial charge in [-0.05, 0) is 0 Å². The van der Waals surface area contributed by atoms with Crippen molar-refractivity contribution in [2.45, 2.75) is 0 Å². The van der Waals surface area contributed by atoms with Gasteiger partial charge in [0.15, 0.2) is 0 Å². The van der Waals surface area contributed by atoms with Gasteiger partial charge in [-0.1, -0.05) is 0 Å². The molecule has 0 aromatic rings. The zero-order valence-electron chi connectivity index (χ0n) is 3.67. The van der Waals surface area contributed by atoms with E-state index in [1.165, 1.54) is 0 Å². The van der Waals surface area contributed by atoms with E-state index in [4.69, 9.17) is 0 Å².